The molecule has 1 saturated heterocycles. The number of aliphatic hydroxyl groups excluding tert-OH is 1. The number of halogens is 1. The highest BCUT2D eigenvalue weighted by atomic mass is 35.5. The average molecular weight is 543 g/mol. The summed E-state index contributed by atoms with van der Waals surface area (Å²) < 4.78 is 5.57. The molecule has 8 heteroatoms. The van der Waals surface area contributed by atoms with Crippen LogP contribution in [-0.2, 0) is 9.59 Å². The molecule has 206 valence electrons. The zero-order valence-electron chi connectivity index (χ0n) is 22.6. The molecule has 0 aromatic heterocycles. The van der Waals surface area contributed by atoms with Crippen LogP contribution >= 0.6 is 11.6 Å². The number of benzene rings is 2. The lowest BCUT2D eigenvalue weighted by atomic mass is 9.95. The molecule has 1 amide bonds. The van der Waals surface area contributed by atoms with Gasteiger partial charge in [0.25, 0.3) is 11.7 Å². The first kappa shape index (κ1) is 29.5. The number of hydrogen-bond donors (Lipinski definition) is 2. The molecule has 0 saturated carbocycles. The Morgan fingerprint density at radius 1 is 0.974 bits per heavy atom. The number of ketones is 1. The number of phenols is 1. The zero-order valence-corrected chi connectivity index (χ0v) is 23.3. The minimum absolute atomic E-state index is 0.0132. The van der Waals surface area contributed by atoms with E-state index >= 15 is 0 Å². The third-order valence-electron chi connectivity index (χ3n) is 6.79. The van der Waals surface area contributed by atoms with Crippen LogP contribution in [0.25, 0.3) is 5.76 Å². The van der Waals surface area contributed by atoms with Crippen LogP contribution in [0.2, 0.25) is 5.02 Å². The number of phenolic OH excluding ortho intramolecular Hbond substituents is 1. The molecule has 1 heterocycles. The number of carbonyl (C=O) groups is 2. The number of aliphatic hydroxyl groups is 1. The predicted octanol–water partition coefficient (Wildman–Crippen LogP) is 6.16. The number of carbonyl (C=O) groups excluding carboxylic acids is 2. The minimum atomic E-state index is -0.815. The van der Waals surface area contributed by atoms with E-state index in [1.807, 2.05) is 6.92 Å². The molecule has 1 unspecified atom stereocenters. The van der Waals surface area contributed by atoms with Gasteiger partial charge < -0.3 is 24.7 Å². The summed E-state index contributed by atoms with van der Waals surface area (Å²) in [6, 6.07) is 10.4. The van der Waals surface area contributed by atoms with Crippen LogP contribution < -0.4 is 4.74 Å². The highest BCUT2D eigenvalue weighted by Crippen LogP contribution is 2.42. The summed E-state index contributed by atoms with van der Waals surface area (Å²) in [6.07, 6.45) is 5.15. The fourth-order valence-corrected chi connectivity index (χ4v) is 4.88. The molecule has 1 atom stereocenters. The quantitative estimate of drug-likeness (QED) is 0.169. The lowest BCUT2D eigenvalue weighted by molar-refractivity contribution is -0.140. The first-order chi connectivity index (χ1) is 18.3. The summed E-state index contributed by atoms with van der Waals surface area (Å²) in [5.41, 5.74) is 0.987. The van der Waals surface area contributed by atoms with E-state index in [1.54, 1.807) is 36.4 Å². The third kappa shape index (κ3) is 7.08. The van der Waals surface area contributed by atoms with Gasteiger partial charge in [-0.25, -0.2) is 0 Å². The van der Waals surface area contributed by atoms with Crippen molar-refractivity contribution in [1.29, 1.82) is 0 Å². The highest BCUT2D eigenvalue weighted by Gasteiger charge is 2.46. The van der Waals surface area contributed by atoms with Crippen molar-refractivity contribution in [2.45, 2.75) is 58.9 Å². The van der Waals surface area contributed by atoms with Crippen molar-refractivity contribution in [2.75, 3.05) is 32.8 Å². The summed E-state index contributed by atoms with van der Waals surface area (Å²) in [7, 11) is 0. The first-order valence-corrected chi connectivity index (χ1v) is 13.9. The van der Waals surface area contributed by atoms with E-state index in [4.69, 9.17) is 16.3 Å². The molecule has 38 heavy (non-hydrogen) atoms. The Labute approximate surface area is 230 Å². The molecule has 2 N–H and O–H groups in total. The number of likely N-dealkylation sites (tertiary alicyclic amines) is 1. The lowest BCUT2D eigenvalue weighted by Crippen LogP contribution is -2.34. The molecule has 0 radical (unpaired) electrons. The van der Waals surface area contributed by atoms with Gasteiger partial charge in [-0.3, -0.25) is 9.59 Å². The molecule has 1 fully saturated rings. The minimum Gasteiger partial charge on any atom is -0.507 e. The number of amides is 1. The summed E-state index contributed by atoms with van der Waals surface area (Å²) in [6.45, 7) is 9.67. The van der Waals surface area contributed by atoms with Crippen LogP contribution in [-0.4, -0.2) is 64.5 Å². The Bertz CT molecular complexity index is 1120. The predicted molar refractivity (Wildman–Crippen MR) is 151 cm³/mol. The van der Waals surface area contributed by atoms with Gasteiger partial charge in [0.05, 0.1) is 18.2 Å². The van der Waals surface area contributed by atoms with Gasteiger partial charge in [-0.2, -0.15) is 0 Å². The Kier molecular flexibility index (Phi) is 11.0. The van der Waals surface area contributed by atoms with Crippen molar-refractivity contribution in [3.05, 3.63) is 64.2 Å². The van der Waals surface area contributed by atoms with Crippen molar-refractivity contribution in [2.24, 2.45) is 0 Å². The van der Waals surface area contributed by atoms with Gasteiger partial charge in [0, 0.05) is 17.1 Å². The lowest BCUT2D eigenvalue weighted by Gasteiger charge is -2.28. The Morgan fingerprint density at radius 3 is 2.21 bits per heavy atom. The maximum atomic E-state index is 13.3. The van der Waals surface area contributed by atoms with Crippen LogP contribution in [0, 0.1) is 0 Å². The first-order valence-electron chi connectivity index (χ1n) is 13.5. The number of Topliss-reactive ketones (excluding diaryl/α,β-unsaturated/α-hetero) is 1. The van der Waals surface area contributed by atoms with Crippen LogP contribution in [0.4, 0.5) is 0 Å². The second-order valence-corrected chi connectivity index (χ2v) is 10.00. The maximum absolute atomic E-state index is 13.3. The van der Waals surface area contributed by atoms with E-state index in [2.05, 4.69) is 18.7 Å². The second kappa shape index (κ2) is 14.2. The smallest absolute Gasteiger partial charge is 0.295 e. The summed E-state index contributed by atoms with van der Waals surface area (Å²) in [5.74, 6) is -1.42. The second-order valence-electron chi connectivity index (χ2n) is 9.56. The standard InChI is InChI=1S/C30H39ClN2O5/c1-4-7-16-32(17-8-5-2)18-9-19-33-27(22-12-15-24(34)25(20-22)38-6-3)26(29(36)30(33)37)28(35)21-10-13-23(31)14-11-21/h10-15,20,27,34-35H,4-9,16-19H2,1-3H3. The molecule has 3 rings (SSSR count). The number of ether oxygens (including phenoxy) is 1. The highest BCUT2D eigenvalue weighted by molar-refractivity contribution is 6.46. The average Bonchev–Trinajstić information content (AvgIpc) is 3.16. The monoisotopic (exact) mass is 542 g/mol. The van der Waals surface area contributed by atoms with Gasteiger partial charge in [0.1, 0.15) is 5.76 Å². The van der Waals surface area contributed by atoms with Gasteiger partial charge in [0.15, 0.2) is 11.5 Å². The largest absolute Gasteiger partial charge is 0.507 e. The van der Waals surface area contributed by atoms with Gasteiger partial charge in [0.2, 0.25) is 0 Å². The molecule has 7 nitrogen and oxygen atoms in total. The fourth-order valence-electron chi connectivity index (χ4n) is 4.76. The van der Waals surface area contributed by atoms with E-state index in [9.17, 15) is 19.8 Å². The van der Waals surface area contributed by atoms with Crippen molar-refractivity contribution in [3.63, 3.8) is 0 Å². The van der Waals surface area contributed by atoms with E-state index in [1.165, 1.54) is 11.0 Å². The van der Waals surface area contributed by atoms with Crippen LogP contribution in [0.3, 0.4) is 0 Å². The number of hydrogen-bond acceptors (Lipinski definition) is 6. The number of unbranched alkanes of at least 4 members (excludes halogenated alkanes) is 2. The Morgan fingerprint density at radius 2 is 1.61 bits per heavy atom. The number of rotatable bonds is 14. The van der Waals surface area contributed by atoms with Crippen LogP contribution in [0.5, 0.6) is 11.5 Å². The van der Waals surface area contributed by atoms with Gasteiger partial charge in [-0.1, -0.05) is 44.4 Å². The maximum Gasteiger partial charge on any atom is 0.295 e. The molecular weight excluding hydrogens is 504 g/mol. The molecule has 2 aromatic rings. The molecule has 2 aromatic carbocycles. The number of nitrogens with zero attached hydrogens (tertiary/aromatic N) is 2. The van der Waals surface area contributed by atoms with E-state index in [0.717, 1.165) is 45.3 Å². The topological polar surface area (TPSA) is 90.3 Å². The van der Waals surface area contributed by atoms with E-state index in [-0.39, 0.29) is 22.8 Å². The van der Waals surface area contributed by atoms with E-state index < -0.39 is 17.7 Å². The van der Waals surface area contributed by atoms with Crippen molar-refractivity contribution in [3.8, 4) is 11.5 Å². The summed E-state index contributed by atoms with van der Waals surface area (Å²) in [4.78, 5) is 30.6. The van der Waals surface area contributed by atoms with Gasteiger partial charge in [-0.15, -0.1) is 0 Å². The molecule has 1 aliphatic rings. The molecule has 0 spiro atoms. The number of aromatic hydroxyl groups is 1. The molecule has 1 aliphatic heterocycles. The summed E-state index contributed by atoms with van der Waals surface area (Å²) >= 11 is 6.02. The SMILES string of the molecule is CCCCN(CCCC)CCCN1C(=O)C(=O)C(=C(O)c2ccc(Cl)cc2)C1c1ccc(O)c(OCC)c1. The van der Waals surface area contributed by atoms with Crippen LogP contribution in [0.1, 0.15) is 70.0 Å². The van der Waals surface area contributed by atoms with Crippen molar-refractivity contribution < 1.29 is 24.5 Å². The van der Waals surface area contributed by atoms with Gasteiger partial charge >= 0.3 is 0 Å². The van der Waals surface area contributed by atoms with Crippen molar-refractivity contribution in [1.82, 2.24) is 9.80 Å². The van der Waals surface area contributed by atoms with Crippen LogP contribution in [0.15, 0.2) is 48.0 Å². The normalized spacial score (nSPS) is 17.0. The summed E-state index contributed by atoms with van der Waals surface area (Å²) in [5, 5.41) is 22.0. The van der Waals surface area contributed by atoms with E-state index in [0.29, 0.717) is 35.7 Å². The fraction of sp³-hybridized carbons (Fsp3) is 0.467. The molecule has 0 aliphatic carbocycles. The third-order valence-corrected chi connectivity index (χ3v) is 7.04. The zero-order chi connectivity index (χ0) is 27.7. The Balaban J connectivity index is 1.98. The molecular formula is C30H39ClN2O5. The van der Waals surface area contributed by atoms with Crippen molar-refractivity contribution >= 4 is 29.1 Å². The Hall–Kier alpha value is -3.03. The van der Waals surface area contributed by atoms with Gasteiger partial charge in [-0.05, 0) is 87.8 Å². The molecule has 0 bridgehead atoms.